The van der Waals surface area contributed by atoms with Crippen LogP contribution in [0.1, 0.15) is 6.92 Å². The number of aliphatic hydroxyl groups is 2. The molecule has 1 atom stereocenters. The van der Waals surface area contributed by atoms with Gasteiger partial charge >= 0.3 is 11.9 Å². The molecule has 0 aromatic heterocycles. The fourth-order valence-electron chi connectivity index (χ4n) is 1.00. The molecule has 98 valence electrons. The Morgan fingerprint density at radius 3 is 2.44 bits per heavy atom. The van der Waals surface area contributed by atoms with Crippen molar-refractivity contribution in [3.05, 3.63) is 40.9 Å². The van der Waals surface area contributed by atoms with Gasteiger partial charge in [0, 0.05) is 10.0 Å². The van der Waals surface area contributed by atoms with E-state index in [0.717, 1.165) is 4.47 Å². The molecule has 0 spiro atoms. The van der Waals surface area contributed by atoms with Gasteiger partial charge in [-0.2, -0.15) is 0 Å². The lowest BCUT2D eigenvalue weighted by Gasteiger charge is -2.25. The number of aliphatic hydroxyl groups excluding tert-OH is 1. The van der Waals surface area contributed by atoms with Crippen molar-refractivity contribution >= 4 is 21.9 Å². The van der Waals surface area contributed by atoms with Gasteiger partial charge in [-0.3, -0.25) is 0 Å². The van der Waals surface area contributed by atoms with E-state index in [1.807, 2.05) is 0 Å². The number of esters is 1. The van der Waals surface area contributed by atoms with Crippen molar-refractivity contribution in [3.63, 3.8) is 0 Å². The molecule has 0 saturated carbocycles. The Balaban J connectivity index is 2.79. The standard InChI is InChI=1S/C12H13BrO5/c1-8(2)11(15)18-12(16,7-14)17-10-5-3-9(13)4-6-10/h3-6,14,16H,1,7H2,2H3. The maximum Gasteiger partial charge on any atom is 0.396 e. The van der Waals surface area contributed by atoms with Gasteiger partial charge in [0.05, 0.1) is 0 Å². The van der Waals surface area contributed by atoms with Crippen LogP contribution in [0.2, 0.25) is 0 Å². The fourth-order valence-corrected chi connectivity index (χ4v) is 1.27. The third kappa shape index (κ3) is 4.14. The fraction of sp³-hybridized carbons (Fsp3) is 0.250. The minimum Gasteiger partial charge on any atom is -0.428 e. The Hall–Kier alpha value is -1.37. The summed E-state index contributed by atoms with van der Waals surface area (Å²) in [5, 5.41) is 18.8. The molecular formula is C12H13BrO5. The third-order valence-corrected chi connectivity index (χ3v) is 2.42. The zero-order valence-corrected chi connectivity index (χ0v) is 11.3. The van der Waals surface area contributed by atoms with Crippen LogP contribution < -0.4 is 4.74 Å². The summed E-state index contributed by atoms with van der Waals surface area (Å²) in [5.74, 6) is -3.04. The van der Waals surface area contributed by atoms with Crippen LogP contribution in [0.25, 0.3) is 0 Å². The minimum atomic E-state index is -2.43. The van der Waals surface area contributed by atoms with E-state index in [1.165, 1.54) is 6.92 Å². The Bertz CT molecular complexity index is 442. The first-order valence-electron chi connectivity index (χ1n) is 5.03. The maximum absolute atomic E-state index is 11.3. The van der Waals surface area contributed by atoms with E-state index < -0.39 is 18.5 Å². The average Bonchev–Trinajstić information content (AvgIpc) is 2.32. The van der Waals surface area contributed by atoms with Crippen LogP contribution in [0, 0.1) is 0 Å². The molecule has 1 aromatic rings. The Kier molecular flexibility index (Phi) is 4.89. The maximum atomic E-state index is 11.3. The second kappa shape index (κ2) is 5.99. The van der Waals surface area contributed by atoms with Crippen molar-refractivity contribution in [1.82, 2.24) is 0 Å². The predicted molar refractivity (Wildman–Crippen MR) is 67.7 cm³/mol. The van der Waals surface area contributed by atoms with Crippen molar-refractivity contribution in [3.8, 4) is 5.75 Å². The number of carbonyl (C=O) groups excluding carboxylic acids is 1. The smallest absolute Gasteiger partial charge is 0.396 e. The molecule has 2 N–H and O–H groups in total. The van der Waals surface area contributed by atoms with Crippen LogP contribution in [0.5, 0.6) is 5.75 Å². The summed E-state index contributed by atoms with van der Waals surface area (Å²) in [7, 11) is 0. The number of rotatable bonds is 5. The largest absolute Gasteiger partial charge is 0.428 e. The number of halogens is 1. The highest BCUT2D eigenvalue weighted by Gasteiger charge is 2.34. The number of ether oxygens (including phenoxy) is 2. The van der Waals surface area contributed by atoms with Crippen LogP contribution in [-0.2, 0) is 9.53 Å². The summed E-state index contributed by atoms with van der Waals surface area (Å²) < 4.78 is 10.5. The van der Waals surface area contributed by atoms with Crippen LogP contribution in [0.3, 0.4) is 0 Å². The van der Waals surface area contributed by atoms with Gasteiger partial charge in [-0.05, 0) is 31.2 Å². The molecule has 1 aromatic carbocycles. The third-order valence-electron chi connectivity index (χ3n) is 1.89. The van der Waals surface area contributed by atoms with Gasteiger partial charge in [-0.25, -0.2) is 4.79 Å². The number of carbonyl (C=O) groups is 1. The molecule has 6 heteroatoms. The van der Waals surface area contributed by atoms with Gasteiger partial charge in [0.2, 0.25) is 0 Å². The van der Waals surface area contributed by atoms with Crippen LogP contribution in [-0.4, -0.2) is 28.8 Å². The molecule has 0 fully saturated rings. The zero-order valence-electron chi connectivity index (χ0n) is 9.72. The molecule has 5 nitrogen and oxygen atoms in total. The van der Waals surface area contributed by atoms with Gasteiger partial charge in [-0.1, -0.05) is 22.5 Å². The van der Waals surface area contributed by atoms with Gasteiger partial charge < -0.3 is 19.7 Å². The molecule has 0 amide bonds. The van der Waals surface area contributed by atoms with E-state index in [2.05, 4.69) is 27.2 Å². The first-order valence-corrected chi connectivity index (χ1v) is 5.82. The lowest BCUT2D eigenvalue weighted by molar-refractivity contribution is -0.314. The summed E-state index contributed by atoms with van der Waals surface area (Å²) in [6, 6.07) is 6.43. The Morgan fingerprint density at radius 2 is 2.00 bits per heavy atom. The topological polar surface area (TPSA) is 76.0 Å². The van der Waals surface area contributed by atoms with E-state index in [0.29, 0.717) is 0 Å². The quantitative estimate of drug-likeness (QED) is 0.490. The first kappa shape index (κ1) is 14.7. The van der Waals surface area contributed by atoms with E-state index in [-0.39, 0.29) is 11.3 Å². The number of hydrogen-bond acceptors (Lipinski definition) is 5. The molecule has 0 aliphatic carbocycles. The van der Waals surface area contributed by atoms with Gasteiger partial charge in [0.15, 0.2) is 0 Å². The normalized spacial score (nSPS) is 13.6. The summed E-state index contributed by atoms with van der Waals surface area (Å²) in [6.45, 7) is 3.88. The molecule has 0 heterocycles. The highest BCUT2D eigenvalue weighted by Crippen LogP contribution is 2.21. The van der Waals surface area contributed by atoms with Crippen molar-refractivity contribution in [2.24, 2.45) is 0 Å². The Morgan fingerprint density at radius 1 is 1.44 bits per heavy atom. The Labute approximate surface area is 113 Å². The molecule has 0 aliphatic heterocycles. The highest BCUT2D eigenvalue weighted by atomic mass is 79.9. The van der Waals surface area contributed by atoms with Gasteiger partial charge in [-0.15, -0.1) is 0 Å². The number of hydrogen-bond donors (Lipinski definition) is 2. The van der Waals surface area contributed by atoms with E-state index >= 15 is 0 Å². The lowest BCUT2D eigenvalue weighted by Crippen LogP contribution is -2.44. The molecule has 0 saturated heterocycles. The first-order chi connectivity index (χ1) is 8.36. The summed E-state index contributed by atoms with van der Waals surface area (Å²) in [5.41, 5.74) is 0.0845. The molecule has 0 aliphatic rings. The monoisotopic (exact) mass is 316 g/mol. The zero-order chi connectivity index (χ0) is 13.8. The van der Waals surface area contributed by atoms with Crippen molar-refractivity contribution in [1.29, 1.82) is 0 Å². The minimum absolute atomic E-state index is 0.0845. The van der Waals surface area contributed by atoms with Gasteiger partial charge in [0.1, 0.15) is 12.4 Å². The number of benzene rings is 1. The van der Waals surface area contributed by atoms with Gasteiger partial charge in [0.25, 0.3) is 0 Å². The molecule has 0 radical (unpaired) electrons. The molecule has 18 heavy (non-hydrogen) atoms. The van der Waals surface area contributed by atoms with Crippen LogP contribution in [0.4, 0.5) is 0 Å². The molecule has 1 unspecified atom stereocenters. The van der Waals surface area contributed by atoms with Crippen LogP contribution in [0.15, 0.2) is 40.9 Å². The lowest BCUT2D eigenvalue weighted by atomic mass is 10.3. The van der Waals surface area contributed by atoms with Crippen molar-refractivity contribution in [2.75, 3.05) is 6.61 Å². The van der Waals surface area contributed by atoms with Crippen molar-refractivity contribution in [2.45, 2.75) is 12.9 Å². The molecule has 1 rings (SSSR count). The average molecular weight is 317 g/mol. The SMILES string of the molecule is C=C(C)C(=O)OC(O)(CO)Oc1ccc(Br)cc1. The highest BCUT2D eigenvalue weighted by molar-refractivity contribution is 9.10. The predicted octanol–water partition coefficient (Wildman–Crippen LogP) is 1.59. The van der Waals surface area contributed by atoms with E-state index in [4.69, 9.17) is 9.84 Å². The van der Waals surface area contributed by atoms with E-state index in [1.54, 1.807) is 24.3 Å². The van der Waals surface area contributed by atoms with Crippen LogP contribution >= 0.6 is 15.9 Å². The van der Waals surface area contributed by atoms with Crippen molar-refractivity contribution < 1.29 is 24.5 Å². The molecular weight excluding hydrogens is 304 g/mol. The van der Waals surface area contributed by atoms with E-state index in [9.17, 15) is 9.90 Å². The summed E-state index contributed by atoms with van der Waals surface area (Å²) >= 11 is 3.24. The molecule has 0 bridgehead atoms. The summed E-state index contributed by atoms with van der Waals surface area (Å²) in [4.78, 5) is 11.3. The second-order valence-electron chi connectivity index (χ2n) is 3.60. The second-order valence-corrected chi connectivity index (χ2v) is 4.51. The summed E-state index contributed by atoms with van der Waals surface area (Å²) in [6.07, 6.45) is 0.